The average Bonchev–Trinajstić information content (AvgIpc) is 3.06. The third-order valence-corrected chi connectivity index (χ3v) is 5.49. The highest BCUT2D eigenvalue weighted by atomic mass is 16.2. The number of fused-ring (bicyclic) bond motifs is 2. The zero-order valence-electron chi connectivity index (χ0n) is 16.0. The van der Waals surface area contributed by atoms with Crippen molar-refractivity contribution >= 4 is 29.0 Å². The van der Waals surface area contributed by atoms with Gasteiger partial charge in [-0.2, -0.15) is 0 Å². The number of rotatable bonds is 5. The first-order valence-corrected chi connectivity index (χ1v) is 9.74. The van der Waals surface area contributed by atoms with Crippen LogP contribution in [0.25, 0.3) is 0 Å². The van der Waals surface area contributed by atoms with Crippen LogP contribution in [0.4, 0.5) is 17.2 Å². The maximum Gasteiger partial charge on any atom is 0.259 e. The first kappa shape index (κ1) is 18.6. The van der Waals surface area contributed by atoms with Crippen LogP contribution >= 0.6 is 0 Å². The summed E-state index contributed by atoms with van der Waals surface area (Å²) in [6.07, 6.45) is 5.09. The molecule has 2 aliphatic heterocycles. The van der Waals surface area contributed by atoms with Gasteiger partial charge in [0, 0.05) is 12.2 Å². The first-order chi connectivity index (χ1) is 13.6. The highest BCUT2D eigenvalue weighted by Crippen LogP contribution is 2.36. The van der Waals surface area contributed by atoms with Gasteiger partial charge < -0.3 is 15.5 Å². The van der Waals surface area contributed by atoms with Crippen LogP contribution in [0.3, 0.4) is 0 Å². The highest BCUT2D eigenvalue weighted by Gasteiger charge is 2.30. The normalized spacial score (nSPS) is 19.0. The number of nitrogens with one attached hydrogen (secondary N) is 2. The molecule has 3 heterocycles. The number of carbonyl (C=O) groups is 2. The Labute approximate surface area is 164 Å². The maximum atomic E-state index is 13.1. The molecule has 1 saturated heterocycles. The molecule has 2 amide bonds. The number of anilines is 3. The third-order valence-electron chi connectivity index (χ3n) is 5.49. The van der Waals surface area contributed by atoms with Crippen LogP contribution in [0, 0.1) is 0 Å². The van der Waals surface area contributed by atoms with Crippen molar-refractivity contribution in [3.05, 3.63) is 48.2 Å². The van der Waals surface area contributed by atoms with Crippen LogP contribution in [-0.2, 0) is 4.79 Å². The molecule has 0 radical (unpaired) electrons. The van der Waals surface area contributed by atoms with Crippen molar-refractivity contribution in [1.82, 2.24) is 15.2 Å². The van der Waals surface area contributed by atoms with E-state index < -0.39 is 0 Å². The van der Waals surface area contributed by atoms with Crippen molar-refractivity contribution in [2.75, 3.05) is 36.9 Å². The van der Waals surface area contributed by atoms with E-state index in [0.29, 0.717) is 28.8 Å². The van der Waals surface area contributed by atoms with Gasteiger partial charge in [0.05, 0.1) is 23.5 Å². The number of pyridine rings is 1. The summed E-state index contributed by atoms with van der Waals surface area (Å²) in [6.45, 7) is 2.12. The molecule has 0 aliphatic carbocycles. The first-order valence-electron chi connectivity index (χ1n) is 9.74. The highest BCUT2D eigenvalue weighted by molar-refractivity contribution is 6.17. The van der Waals surface area contributed by atoms with E-state index in [9.17, 15) is 9.59 Å². The number of likely N-dealkylation sites (tertiary alicyclic amines) is 1. The summed E-state index contributed by atoms with van der Waals surface area (Å²) in [4.78, 5) is 33.9. The summed E-state index contributed by atoms with van der Waals surface area (Å²) in [5.41, 5.74) is 1.63. The summed E-state index contributed by atoms with van der Waals surface area (Å²) in [5.74, 6) is -0.0287. The number of benzene rings is 1. The van der Waals surface area contributed by atoms with Crippen molar-refractivity contribution in [2.45, 2.75) is 25.3 Å². The minimum Gasteiger partial charge on any atom is -0.320 e. The minimum absolute atomic E-state index is 0.135. The van der Waals surface area contributed by atoms with Crippen molar-refractivity contribution in [3.8, 4) is 0 Å². The number of nitrogens with zero attached hydrogens (tertiary/aromatic N) is 3. The quantitative estimate of drug-likeness (QED) is 0.780. The monoisotopic (exact) mass is 379 g/mol. The molecule has 0 bridgehead atoms. The van der Waals surface area contributed by atoms with Gasteiger partial charge in [-0.05, 0) is 63.7 Å². The Kier molecular flexibility index (Phi) is 5.36. The van der Waals surface area contributed by atoms with Gasteiger partial charge >= 0.3 is 0 Å². The second-order valence-corrected chi connectivity index (χ2v) is 7.32. The number of para-hydroxylation sites is 2. The Morgan fingerprint density at radius 2 is 2.14 bits per heavy atom. The number of carbonyl (C=O) groups excluding carboxylic acids is 2. The van der Waals surface area contributed by atoms with Crippen molar-refractivity contribution in [3.63, 3.8) is 0 Å². The van der Waals surface area contributed by atoms with Gasteiger partial charge in [-0.3, -0.25) is 14.5 Å². The summed E-state index contributed by atoms with van der Waals surface area (Å²) < 4.78 is 0. The zero-order valence-corrected chi connectivity index (χ0v) is 16.0. The number of aromatic nitrogens is 1. The molecule has 2 aromatic rings. The summed E-state index contributed by atoms with van der Waals surface area (Å²) >= 11 is 0. The molecule has 146 valence electrons. The Bertz CT molecular complexity index is 885. The predicted octanol–water partition coefficient (Wildman–Crippen LogP) is 2.39. The van der Waals surface area contributed by atoms with E-state index >= 15 is 0 Å². The van der Waals surface area contributed by atoms with Gasteiger partial charge in [0.15, 0.2) is 5.82 Å². The van der Waals surface area contributed by atoms with E-state index in [0.717, 1.165) is 19.5 Å². The molecule has 1 unspecified atom stereocenters. The topological polar surface area (TPSA) is 77.6 Å². The molecule has 1 aromatic heterocycles. The van der Waals surface area contributed by atoms with Gasteiger partial charge in [-0.25, -0.2) is 4.98 Å². The van der Waals surface area contributed by atoms with E-state index in [1.165, 1.54) is 17.7 Å². The van der Waals surface area contributed by atoms with Crippen LogP contribution in [0.2, 0.25) is 0 Å². The molecule has 7 nitrogen and oxygen atoms in total. The Balaban J connectivity index is 1.51. The van der Waals surface area contributed by atoms with Crippen molar-refractivity contribution in [1.29, 1.82) is 0 Å². The van der Waals surface area contributed by atoms with E-state index in [2.05, 4.69) is 27.6 Å². The third kappa shape index (κ3) is 3.63. The van der Waals surface area contributed by atoms with E-state index in [-0.39, 0.29) is 18.4 Å². The fourth-order valence-electron chi connectivity index (χ4n) is 3.97. The van der Waals surface area contributed by atoms with Crippen molar-refractivity contribution in [2.24, 2.45) is 0 Å². The number of amides is 2. The summed E-state index contributed by atoms with van der Waals surface area (Å²) in [5, 5.41) is 6.15. The molecule has 28 heavy (non-hydrogen) atoms. The lowest BCUT2D eigenvalue weighted by atomic mass is 10.1. The Morgan fingerprint density at radius 1 is 1.29 bits per heavy atom. The van der Waals surface area contributed by atoms with E-state index in [1.54, 1.807) is 24.4 Å². The van der Waals surface area contributed by atoms with Crippen LogP contribution in [0.1, 0.15) is 29.6 Å². The molecule has 1 fully saturated rings. The van der Waals surface area contributed by atoms with Crippen LogP contribution in [-0.4, -0.2) is 54.4 Å². The lowest BCUT2D eigenvalue weighted by Crippen LogP contribution is -2.37. The molecular weight excluding hydrogens is 354 g/mol. The summed E-state index contributed by atoms with van der Waals surface area (Å²) in [6, 6.07) is 11.3. The fourth-order valence-corrected chi connectivity index (χ4v) is 3.97. The van der Waals surface area contributed by atoms with Crippen LogP contribution in [0.5, 0.6) is 0 Å². The van der Waals surface area contributed by atoms with Gasteiger partial charge in [0.1, 0.15) is 0 Å². The predicted molar refractivity (Wildman–Crippen MR) is 109 cm³/mol. The lowest BCUT2D eigenvalue weighted by molar-refractivity contribution is -0.117. The van der Waals surface area contributed by atoms with Gasteiger partial charge in [-0.15, -0.1) is 0 Å². The van der Waals surface area contributed by atoms with Gasteiger partial charge in [0.25, 0.3) is 5.91 Å². The zero-order chi connectivity index (χ0) is 19.5. The Morgan fingerprint density at radius 3 is 2.96 bits per heavy atom. The van der Waals surface area contributed by atoms with Gasteiger partial charge in [-0.1, -0.05) is 12.1 Å². The van der Waals surface area contributed by atoms with Crippen LogP contribution < -0.4 is 15.5 Å². The largest absolute Gasteiger partial charge is 0.320 e. The standard InChI is InChI=1S/C21H25N5O2/c1-25-13-5-6-15(25)10-12-22-14-19(27)26-18-9-3-2-8-17(18)24-21(28)16-7-4-11-23-20(16)26/h2-4,7-9,11,15,22H,5-6,10,12-14H2,1H3,(H,24,28). The fraction of sp³-hybridized carbons (Fsp3) is 0.381. The SMILES string of the molecule is CN1CCCC1CCNCC(=O)N1c2ccccc2NC(=O)c2cccnc21. The second kappa shape index (κ2) is 8.08. The molecule has 1 aromatic carbocycles. The molecule has 1 atom stereocenters. The molecule has 0 spiro atoms. The average molecular weight is 379 g/mol. The lowest BCUT2D eigenvalue weighted by Gasteiger charge is -2.23. The minimum atomic E-state index is -0.261. The maximum absolute atomic E-state index is 13.1. The van der Waals surface area contributed by atoms with Crippen LogP contribution in [0.15, 0.2) is 42.6 Å². The molecule has 0 saturated carbocycles. The van der Waals surface area contributed by atoms with Crippen molar-refractivity contribution < 1.29 is 9.59 Å². The molecule has 4 rings (SSSR count). The Hall–Kier alpha value is -2.77. The summed E-state index contributed by atoms with van der Waals surface area (Å²) in [7, 11) is 2.16. The molecule has 7 heteroatoms. The second-order valence-electron chi connectivity index (χ2n) is 7.32. The molecule has 2 N–H and O–H groups in total. The smallest absolute Gasteiger partial charge is 0.259 e. The molecular formula is C21H25N5O2. The van der Waals surface area contributed by atoms with E-state index in [1.807, 2.05) is 18.2 Å². The number of hydrogen-bond donors (Lipinski definition) is 2. The molecule has 2 aliphatic rings. The van der Waals surface area contributed by atoms with E-state index in [4.69, 9.17) is 0 Å². The van der Waals surface area contributed by atoms with Gasteiger partial charge in [0.2, 0.25) is 5.91 Å². The number of hydrogen-bond acceptors (Lipinski definition) is 5.